The standard InChI is InChI=1S/C11H10F10O3/c1-4(5(22)23)3-7(2,10(16,17)18)9(14,15)8(24,6(12)13)11(19,20)21/h3,6,24H,1-2H3,(H,22,23). The van der Waals surface area contributed by atoms with Crippen LogP contribution in [0.1, 0.15) is 13.8 Å². The van der Waals surface area contributed by atoms with E-state index < -0.39 is 60.3 Å². The second kappa shape index (κ2) is 6.08. The van der Waals surface area contributed by atoms with Crippen molar-refractivity contribution in [3.8, 4) is 0 Å². The van der Waals surface area contributed by atoms with Gasteiger partial charge in [-0.1, -0.05) is 6.08 Å². The lowest BCUT2D eigenvalue weighted by atomic mass is 9.72. The molecule has 3 nitrogen and oxygen atoms in total. The van der Waals surface area contributed by atoms with E-state index in [4.69, 9.17) is 10.2 Å². The van der Waals surface area contributed by atoms with Gasteiger partial charge < -0.3 is 10.2 Å². The summed E-state index contributed by atoms with van der Waals surface area (Å²) in [4.78, 5) is 10.5. The van der Waals surface area contributed by atoms with Gasteiger partial charge in [-0.3, -0.25) is 0 Å². The van der Waals surface area contributed by atoms with Gasteiger partial charge in [0.15, 0.2) is 0 Å². The number of allylic oxidation sites excluding steroid dienone is 1. The first-order chi connectivity index (χ1) is 10.3. The van der Waals surface area contributed by atoms with Gasteiger partial charge in [0.25, 0.3) is 12.0 Å². The van der Waals surface area contributed by atoms with Crippen LogP contribution in [-0.2, 0) is 4.79 Å². The molecule has 2 N–H and O–H groups in total. The largest absolute Gasteiger partial charge is 0.478 e. The molecule has 0 amide bonds. The van der Waals surface area contributed by atoms with Crippen LogP contribution >= 0.6 is 0 Å². The molecule has 0 aromatic carbocycles. The molecule has 0 aliphatic heterocycles. The number of carboxylic acids is 1. The van der Waals surface area contributed by atoms with Crippen LogP contribution in [0.25, 0.3) is 0 Å². The molecule has 0 spiro atoms. The zero-order valence-corrected chi connectivity index (χ0v) is 11.7. The number of rotatable bonds is 5. The molecule has 24 heavy (non-hydrogen) atoms. The van der Waals surface area contributed by atoms with Gasteiger partial charge in [0.1, 0.15) is 5.41 Å². The minimum Gasteiger partial charge on any atom is -0.478 e. The highest BCUT2D eigenvalue weighted by molar-refractivity contribution is 5.86. The van der Waals surface area contributed by atoms with E-state index in [1.807, 2.05) is 0 Å². The van der Waals surface area contributed by atoms with Gasteiger partial charge in [0.05, 0.1) is 0 Å². The molecule has 0 heterocycles. The van der Waals surface area contributed by atoms with E-state index in [-0.39, 0.29) is 0 Å². The number of alkyl halides is 10. The molecular formula is C11H10F10O3. The molecule has 0 fully saturated rings. The van der Waals surface area contributed by atoms with Crippen molar-refractivity contribution in [3.05, 3.63) is 11.6 Å². The molecule has 13 heteroatoms. The van der Waals surface area contributed by atoms with Crippen LogP contribution in [0.2, 0.25) is 0 Å². The highest BCUT2D eigenvalue weighted by Gasteiger charge is 2.83. The van der Waals surface area contributed by atoms with Crippen LogP contribution in [0.3, 0.4) is 0 Å². The summed E-state index contributed by atoms with van der Waals surface area (Å²) in [6, 6.07) is 0. The van der Waals surface area contributed by atoms with E-state index in [9.17, 15) is 48.7 Å². The van der Waals surface area contributed by atoms with Gasteiger partial charge in [-0.25, -0.2) is 22.4 Å². The van der Waals surface area contributed by atoms with Gasteiger partial charge in [0, 0.05) is 5.57 Å². The van der Waals surface area contributed by atoms with Crippen molar-refractivity contribution < 1.29 is 58.9 Å². The summed E-state index contributed by atoms with van der Waals surface area (Å²) >= 11 is 0. The van der Waals surface area contributed by atoms with Crippen molar-refractivity contribution in [2.45, 2.75) is 44.1 Å². The lowest BCUT2D eigenvalue weighted by Crippen LogP contribution is -2.71. The summed E-state index contributed by atoms with van der Waals surface area (Å²) in [7, 11) is 0. The molecule has 0 saturated heterocycles. The molecule has 0 saturated carbocycles. The maximum atomic E-state index is 14.0. The van der Waals surface area contributed by atoms with E-state index in [1.165, 1.54) is 0 Å². The minimum atomic E-state index is -6.86. The zero-order chi connectivity index (χ0) is 19.9. The van der Waals surface area contributed by atoms with Crippen molar-refractivity contribution in [2.24, 2.45) is 5.41 Å². The Balaban J connectivity index is 6.82. The SMILES string of the molecule is CC(=CC(C)(C(F)(F)F)C(F)(F)C(O)(C(F)F)C(F)(F)F)C(=O)O. The topological polar surface area (TPSA) is 57.5 Å². The fraction of sp³-hybridized carbons (Fsp3) is 0.727. The van der Waals surface area contributed by atoms with E-state index in [2.05, 4.69) is 0 Å². The molecule has 2 unspecified atom stereocenters. The highest BCUT2D eigenvalue weighted by atomic mass is 19.4. The smallest absolute Gasteiger partial charge is 0.429 e. The molecule has 0 rings (SSSR count). The van der Waals surface area contributed by atoms with Crippen LogP contribution in [0, 0.1) is 5.41 Å². The first-order valence-corrected chi connectivity index (χ1v) is 5.72. The Morgan fingerprint density at radius 2 is 1.33 bits per heavy atom. The number of hydrogen-bond acceptors (Lipinski definition) is 2. The molecule has 0 aromatic heterocycles. The second-order valence-corrected chi connectivity index (χ2v) is 4.97. The third-order valence-electron chi connectivity index (χ3n) is 3.31. The summed E-state index contributed by atoms with van der Waals surface area (Å²) in [6.07, 6.45) is -19.4. The summed E-state index contributed by atoms with van der Waals surface area (Å²) in [6.45, 7) is -0.296. The Labute approximate surface area is 127 Å². The monoisotopic (exact) mass is 380 g/mol. The first kappa shape index (κ1) is 22.5. The summed E-state index contributed by atoms with van der Waals surface area (Å²) in [5, 5.41) is 17.2. The van der Waals surface area contributed by atoms with Crippen LogP contribution < -0.4 is 0 Å². The number of aliphatic hydroxyl groups is 1. The van der Waals surface area contributed by atoms with Gasteiger partial charge in [-0.2, -0.15) is 26.3 Å². The normalized spacial score (nSPS) is 19.8. The second-order valence-electron chi connectivity index (χ2n) is 4.97. The van der Waals surface area contributed by atoms with Crippen molar-refractivity contribution >= 4 is 5.97 Å². The number of halogens is 10. The average molecular weight is 380 g/mol. The number of hydrogen-bond donors (Lipinski definition) is 2. The average Bonchev–Trinajstić information content (AvgIpc) is 2.33. The lowest BCUT2D eigenvalue weighted by molar-refractivity contribution is -0.406. The number of carbonyl (C=O) groups is 1. The quantitative estimate of drug-likeness (QED) is 0.564. The van der Waals surface area contributed by atoms with E-state index >= 15 is 0 Å². The van der Waals surface area contributed by atoms with Crippen LogP contribution in [-0.4, -0.2) is 46.5 Å². The fourth-order valence-corrected chi connectivity index (χ4v) is 1.68. The predicted molar refractivity (Wildman–Crippen MR) is 57.5 cm³/mol. The summed E-state index contributed by atoms with van der Waals surface area (Å²) in [5.74, 6) is -8.78. The Morgan fingerprint density at radius 3 is 1.54 bits per heavy atom. The van der Waals surface area contributed by atoms with Crippen molar-refractivity contribution in [1.29, 1.82) is 0 Å². The molecule has 142 valence electrons. The molecule has 0 aromatic rings. The van der Waals surface area contributed by atoms with Gasteiger partial charge >= 0.3 is 24.2 Å². The van der Waals surface area contributed by atoms with Gasteiger partial charge in [0.2, 0.25) is 0 Å². The van der Waals surface area contributed by atoms with Crippen molar-refractivity contribution in [3.63, 3.8) is 0 Å². The predicted octanol–water partition coefficient (Wildman–Crippen LogP) is 3.78. The third kappa shape index (κ3) is 3.17. The molecule has 0 radical (unpaired) electrons. The lowest BCUT2D eigenvalue weighted by Gasteiger charge is -2.45. The van der Waals surface area contributed by atoms with Crippen LogP contribution in [0.4, 0.5) is 43.9 Å². The van der Waals surface area contributed by atoms with E-state index in [0.29, 0.717) is 6.92 Å². The third-order valence-corrected chi connectivity index (χ3v) is 3.31. The molecule has 2 atom stereocenters. The van der Waals surface area contributed by atoms with Crippen LogP contribution in [0.5, 0.6) is 0 Å². The zero-order valence-electron chi connectivity index (χ0n) is 11.7. The Kier molecular flexibility index (Phi) is 5.69. The Bertz CT molecular complexity index is 521. The van der Waals surface area contributed by atoms with Crippen molar-refractivity contribution in [1.82, 2.24) is 0 Å². The van der Waals surface area contributed by atoms with Crippen molar-refractivity contribution in [2.75, 3.05) is 0 Å². The van der Waals surface area contributed by atoms with Crippen LogP contribution in [0.15, 0.2) is 11.6 Å². The fourth-order valence-electron chi connectivity index (χ4n) is 1.68. The molecule has 0 bridgehead atoms. The van der Waals surface area contributed by atoms with E-state index in [1.54, 1.807) is 0 Å². The minimum absolute atomic E-state index is 0.331. The Hall–Kier alpha value is -1.53. The molecule has 0 aliphatic rings. The summed E-state index contributed by atoms with van der Waals surface area (Å²) < 4.78 is 130. The molecule has 0 aliphatic carbocycles. The number of aliphatic carboxylic acids is 1. The Morgan fingerprint density at radius 1 is 0.958 bits per heavy atom. The maximum absolute atomic E-state index is 14.0. The highest BCUT2D eigenvalue weighted by Crippen LogP contribution is 2.59. The summed E-state index contributed by atoms with van der Waals surface area (Å²) in [5.41, 5.74) is -12.9. The number of carboxylic acid groups (broad SMARTS) is 1. The molecular weight excluding hydrogens is 370 g/mol. The maximum Gasteiger partial charge on any atom is 0.429 e. The van der Waals surface area contributed by atoms with Gasteiger partial charge in [-0.05, 0) is 13.8 Å². The first-order valence-electron chi connectivity index (χ1n) is 5.72. The van der Waals surface area contributed by atoms with E-state index in [0.717, 1.165) is 0 Å². The van der Waals surface area contributed by atoms with Gasteiger partial charge in [-0.15, -0.1) is 0 Å².